The number of aromatic nitrogens is 3. The van der Waals surface area contributed by atoms with Gasteiger partial charge in [-0.1, -0.05) is 6.07 Å². The molecule has 0 spiro atoms. The number of nitrogens with one attached hydrogen (secondary N) is 1. The fraction of sp³-hybridized carbons (Fsp3) is 0.438. The molecule has 22 heavy (non-hydrogen) atoms. The molecule has 1 atom stereocenters. The highest BCUT2D eigenvalue weighted by Crippen LogP contribution is 2.31. The average Bonchev–Trinajstić information content (AvgIpc) is 3.26. The molecule has 0 bridgehead atoms. The van der Waals surface area contributed by atoms with Gasteiger partial charge >= 0.3 is 0 Å². The van der Waals surface area contributed by atoms with Gasteiger partial charge in [0.15, 0.2) is 0 Å². The minimum absolute atomic E-state index is 0.0193. The van der Waals surface area contributed by atoms with Crippen LogP contribution in [0.15, 0.2) is 24.4 Å². The molecule has 6 nitrogen and oxygen atoms in total. The highest BCUT2D eigenvalue weighted by atomic mass is 16.3. The normalized spacial score (nSPS) is 23.8. The summed E-state index contributed by atoms with van der Waals surface area (Å²) in [5.41, 5.74) is 2.76. The first-order valence-electron chi connectivity index (χ1n) is 7.65. The summed E-state index contributed by atoms with van der Waals surface area (Å²) in [7, 11) is 0. The van der Waals surface area contributed by atoms with Gasteiger partial charge in [0.05, 0.1) is 12.7 Å². The summed E-state index contributed by atoms with van der Waals surface area (Å²) in [5, 5.41) is 20.9. The highest BCUT2D eigenvalue weighted by molar-refractivity contribution is 5.94. The molecule has 1 amide bonds. The molecule has 114 valence electrons. The van der Waals surface area contributed by atoms with Gasteiger partial charge in [-0.2, -0.15) is 15.4 Å². The van der Waals surface area contributed by atoms with E-state index in [-0.39, 0.29) is 12.5 Å². The third-order valence-corrected chi connectivity index (χ3v) is 4.77. The van der Waals surface area contributed by atoms with Gasteiger partial charge in [-0.25, -0.2) is 0 Å². The predicted molar refractivity (Wildman–Crippen MR) is 79.3 cm³/mol. The fourth-order valence-electron chi connectivity index (χ4n) is 3.49. The molecule has 1 saturated heterocycles. The summed E-state index contributed by atoms with van der Waals surface area (Å²) >= 11 is 0. The lowest BCUT2D eigenvalue weighted by molar-refractivity contribution is 0.0382. The number of carbonyl (C=O) groups excluding carboxylic acids is 1. The summed E-state index contributed by atoms with van der Waals surface area (Å²) in [5.74, 6) is -0.0193. The van der Waals surface area contributed by atoms with E-state index < -0.39 is 5.60 Å². The number of aryl methyl sites for hydroxylation is 2. The maximum atomic E-state index is 12.7. The molecule has 1 aliphatic heterocycles. The molecule has 2 aromatic rings. The van der Waals surface area contributed by atoms with Crippen LogP contribution in [0.3, 0.4) is 0 Å². The number of hydrogen-bond acceptors (Lipinski definition) is 4. The molecular weight excluding hydrogens is 280 g/mol. The Morgan fingerprint density at radius 2 is 2.18 bits per heavy atom. The maximum absolute atomic E-state index is 12.7. The predicted octanol–water partition coefficient (Wildman–Crippen LogP) is 1.03. The Hall–Kier alpha value is -2.21. The zero-order valence-corrected chi connectivity index (χ0v) is 12.2. The second-order valence-electron chi connectivity index (χ2n) is 6.20. The van der Waals surface area contributed by atoms with E-state index in [1.807, 2.05) is 12.1 Å². The van der Waals surface area contributed by atoms with Gasteiger partial charge in [-0.3, -0.25) is 4.79 Å². The molecule has 1 unspecified atom stereocenters. The van der Waals surface area contributed by atoms with E-state index in [1.54, 1.807) is 4.90 Å². The number of hydrogen-bond donors (Lipinski definition) is 2. The molecule has 2 heterocycles. The number of fused-ring (bicyclic) bond motifs is 1. The molecule has 2 N–H and O–H groups in total. The Kier molecular flexibility index (Phi) is 3.00. The van der Waals surface area contributed by atoms with E-state index in [1.165, 1.54) is 23.7 Å². The smallest absolute Gasteiger partial charge is 0.253 e. The lowest BCUT2D eigenvalue weighted by Crippen LogP contribution is -2.34. The number of aliphatic hydroxyl groups is 1. The summed E-state index contributed by atoms with van der Waals surface area (Å²) in [6.07, 6.45) is 5.33. The first-order valence-corrected chi connectivity index (χ1v) is 7.65. The number of carbonyl (C=O) groups is 1. The van der Waals surface area contributed by atoms with Crippen LogP contribution >= 0.6 is 0 Å². The van der Waals surface area contributed by atoms with Crippen LogP contribution in [0.1, 0.15) is 40.0 Å². The monoisotopic (exact) mass is 298 g/mol. The molecule has 4 rings (SSSR count). The van der Waals surface area contributed by atoms with Gasteiger partial charge in [0.25, 0.3) is 5.91 Å². The van der Waals surface area contributed by atoms with Crippen molar-refractivity contribution in [1.82, 2.24) is 20.3 Å². The highest BCUT2D eigenvalue weighted by Gasteiger charge is 2.41. The van der Waals surface area contributed by atoms with E-state index in [0.29, 0.717) is 24.2 Å². The second-order valence-corrected chi connectivity index (χ2v) is 6.20. The Balaban J connectivity index is 1.55. The lowest BCUT2D eigenvalue weighted by Gasteiger charge is -2.21. The molecule has 0 saturated carbocycles. The third kappa shape index (κ3) is 2.11. The SMILES string of the molecule is O=C(c1ccc2c(c1)CCC2)N1CCC(O)(c2cn[nH]n2)C1. The largest absolute Gasteiger partial charge is 0.381 e. The Morgan fingerprint density at radius 1 is 1.32 bits per heavy atom. The number of H-pyrrole nitrogens is 1. The lowest BCUT2D eigenvalue weighted by atomic mass is 10.00. The fourth-order valence-corrected chi connectivity index (χ4v) is 3.49. The zero-order chi connectivity index (χ0) is 15.2. The van der Waals surface area contributed by atoms with E-state index >= 15 is 0 Å². The van der Waals surface area contributed by atoms with E-state index in [0.717, 1.165) is 12.8 Å². The number of β-amino-alcohol motifs (C(OH)–C–C–N with tert-alkyl or cyclic N) is 1. The van der Waals surface area contributed by atoms with Crippen molar-refractivity contribution in [1.29, 1.82) is 0 Å². The van der Waals surface area contributed by atoms with Crippen LogP contribution < -0.4 is 0 Å². The van der Waals surface area contributed by atoms with Gasteiger partial charge < -0.3 is 10.0 Å². The van der Waals surface area contributed by atoms with Crippen LogP contribution in [-0.2, 0) is 18.4 Å². The topological polar surface area (TPSA) is 82.1 Å². The van der Waals surface area contributed by atoms with Crippen molar-refractivity contribution in [3.05, 3.63) is 46.8 Å². The first kappa shape index (κ1) is 13.5. The van der Waals surface area contributed by atoms with Crippen molar-refractivity contribution in [2.75, 3.05) is 13.1 Å². The van der Waals surface area contributed by atoms with Gasteiger partial charge in [0.2, 0.25) is 0 Å². The standard InChI is InChI=1S/C16H18N4O2/c21-15(13-5-4-11-2-1-3-12(11)8-13)20-7-6-16(22,10-20)14-9-17-19-18-14/h4-5,8-9,22H,1-3,6-7,10H2,(H,17,18,19). The van der Waals surface area contributed by atoms with Crippen LogP contribution in [0.5, 0.6) is 0 Å². The quantitative estimate of drug-likeness (QED) is 0.867. The summed E-state index contributed by atoms with van der Waals surface area (Å²) in [6.45, 7) is 0.786. The van der Waals surface area contributed by atoms with Crippen molar-refractivity contribution in [2.24, 2.45) is 0 Å². The van der Waals surface area contributed by atoms with Crippen molar-refractivity contribution in [3.8, 4) is 0 Å². The Labute approximate surface area is 128 Å². The molecule has 1 aliphatic carbocycles. The first-order chi connectivity index (χ1) is 10.7. The number of likely N-dealkylation sites (tertiary alicyclic amines) is 1. The van der Waals surface area contributed by atoms with Crippen LogP contribution in [0.2, 0.25) is 0 Å². The van der Waals surface area contributed by atoms with Crippen LogP contribution in [0.25, 0.3) is 0 Å². The molecule has 1 aromatic carbocycles. The molecule has 1 fully saturated rings. The van der Waals surface area contributed by atoms with Crippen molar-refractivity contribution < 1.29 is 9.90 Å². The van der Waals surface area contributed by atoms with Gasteiger partial charge in [0.1, 0.15) is 11.3 Å². The summed E-state index contributed by atoms with van der Waals surface area (Å²) in [4.78, 5) is 14.4. The molecule has 0 radical (unpaired) electrons. The summed E-state index contributed by atoms with van der Waals surface area (Å²) < 4.78 is 0. The van der Waals surface area contributed by atoms with Crippen molar-refractivity contribution in [2.45, 2.75) is 31.3 Å². The Bertz CT molecular complexity index is 713. The molecule has 2 aliphatic rings. The Morgan fingerprint density at radius 3 is 3.00 bits per heavy atom. The minimum Gasteiger partial charge on any atom is -0.381 e. The van der Waals surface area contributed by atoms with E-state index in [2.05, 4.69) is 21.5 Å². The van der Waals surface area contributed by atoms with Crippen molar-refractivity contribution >= 4 is 5.91 Å². The molecular formula is C16H18N4O2. The number of amides is 1. The number of rotatable bonds is 2. The van der Waals surface area contributed by atoms with E-state index in [9.17, 15) is 9.90 Å². The summed E-state index contributed by atoms with van der Waals surface area (Å²) in [6, 6.07) is 5.98. The molecule has 6 heteroatoms. The van der Waals surface area contributed by atoms with Crippen LogP contribution in [0.4, 0.5) is 0 Å². The van der Waals surface area contributed by atoms with Crippen LogP contribution in [-0.4, -0.2) is 44.4 Å². The van der Waals surface area contributed by atoms with Crippen molar-refractivity contribution in [3.63, 3.8) is 0 Å². The van der Waals surface area contributed by atoms with Gasteiger partial charge in [-0.05, 0) is 42.5 Å². The number of nitrogens with zero attached hydrogens (tertiary/aromatic N) is 3. The zero-order valence-electron chi connectivity index (χ0n) is 12.2. The molecule has 1 aromatic heterocycles. The third-order valence-electron chi connectivity index (χ3n) is 4.77. The number of benzene rings is 1. The second kappa shape index (κ2) is 4.91. The van der Waals surface area contributed by atoms with Gasteiger partial charge in [0, 0.05) is 18.5 Å². The minimum atomic E-state index is -1.10. The van der Waals surface area contributed by atoms with Gasteiger partial charge in [-0.15, -0.1) is 0 Å². The average molecular weight is 298 g/mol. The number of aromatic amines is 1. The maximum Gasteiger partial charge on any atom is 0.253 e. The van der Waals surface area contributed by atoms with E-state index in [4.69, 9.17) is 0 Å². The van der Waals surface area contributed by atoms with Crippen LogP contribution in [0, 0.1) is 0 Å².